The second-order valence-electron chi connectivity index (χ2n) is 8.13. The number of halogens is 2. The highest BCUT2D eigenvalue weighted by molar-refractivity contribution is 6.31. The van der Waals surface area contributed by atoms with Gasteiger partial charge in [-0.15, -0.1) is 0 Å². The van der Waals surface area contributed by atoms with Crippen LogP contribution in [0.2, 0.25) is 5.02 Å². The smallest absolute Gasteiger partial charge is 0.409 e. The highest BCUT2D eigenvalue weighted by Gasteiger charge is 2.28. The Kier molecular flexibility index (Phi) is 7.21. The van der Waals surface area contributed by atoms with Crippen LogP contribution in [0.3, 0.4) is 0 Å². The topological polar surface area (TPSA) is 85.8 Å². The Balaban J connectivity index is 1.55. The number of benzene rings is 2. The van der Waals surface area contributed by atoms with Crippen molar-refractivity contribution < 1.29 is 23.4 Å². The van der Waals surface area contributed by atoms with E-state index in [4.69, 9.17) is 25.8 Å². The first-order chi connectivity index (χ1) is 16.4. The van der Waals surface area contributed by atoms with Gasteiger partial charge < -0.3 is 24.4 Å². The first-order valence-electron chi connectivity index (χ1n) is 10.9. The molecule has 180 valence electrons. The van der Waals surface area contributed by atoms with Crippen LogP contribution in [0.4, 0.5) is 20.7 Å². The average Bonchev–Trinajstić information content (AvgIpc) is 2.85. The largest absolute Gasteiger partial charge is 0.493 e. The molecule has 1 N–H and O–H groups in total. The molecule has 0 spiro atoms. The summed E-state index contributed by atoms with van der Waals surface area (Å²) in [6.07, 6.45) is 4.29. The molecule has 1 saturated carbocycles. The molecular formula is C24H26ClFN4O4. The van der Waals surface area contributed by atoms with E-state index >= 15 is 0 Å². The van der Waals surface area contributed by atoms with Crippen molar-refractivity contribution in [3.8, 4) is 11.5 Å². The van der Waals surface area contributed by atoms with E-state index in [-0.39, 0.29) is 23.3 Å². The standard InChI is InChI=1S/C24H26ClFN4O4/c1-30(24(31)33-3)15-5-7-16(8-6-15)34-22-11-17-20(12-21(22)32-2)27-13-28-23(17)29-14-4-9-19(26)18(25)10-14/h4,9-13,15-16H,5-8H2,1-3H3,(H,27,28,29)/t15-,16-. The lowest BCUT2D eigenvalue weighted by molar-refractivity contribution is 0.0801. The SMILES string of the molecule is COC(=O)N(C)[C@H]1CC[C@H](Oc2cc3c(Nc4ccc(F)c(Cl)c4)ncnc3cc2OC)CC1. The molecule has 0 saturated heterocycles. The maximum atomic E-state index is 13.5. The summed E-state index contributed by atoms with van der Waals surface area (Å²) in [5, 5.41) is 3.91. The summed E-state index contributed by atoms with van der Waals surface area (Å²) < 4.78 is 30.2. The summed E-state index contributed by atoms with van der Waals surface area (Å²) in [5.41, 5.74) is 1.26. The van der Waals surface area contributed by atoms with Gasteiger partial charge in [0.25, 0.3) is 0 Å². The first-order valence-corrected chi connectivity index (χ1v) is 11.3. The molecule has 0 unspecified atom stereocenters. The highest BCUT2D eigenvalue weighted by atomic mass is 35.5. The Morgan fingerprint density at radius 2 is 1.88 bits per heavy atom. The molecular weight excluding hydrogens is 463 g/mol. The van der Waals surface area contributed by atoms with Crippen LogP contribution in [0.1, 0.15) is 25.7 Å². The van der Waals surface area contributed by atoms with Crippen molar-refractivity contribution in [3.63, 3.8) is 0 Å². The lowest BCUT2D eigenvalue weighted by Gasteiger charge is -2.34. The fourth-order valence-corrected chi connectivity index (χ4v) is 4.33. The third-order valence-electron chi connectivity index (χ3n) is 6.05. The second-order valence-corrected chi connectivity index (χ2v) is 8.53. The number of carbonyl (C=O) groups is 1. The fourth-order valence-electron chi connectivity index (χ4n) is 4.15. The van der Waals surface area contributed by atoms with Gasteiger partial charge in [0.2, 0.25) is 0 Å². The van der Waals surface area contributed by atoms with Crippen LogP contribution >= 0.6 is 11.6 Å². The monoisotopic (exact) mass is 488 g/mol. The van der Waals surface area contributed by atoms with E-state index in [1.165, 1.54) is 25.6 Å². The molecule has 8 nitrogen and oxygen atoms in total. The second kappa shape index (κ2) is 10.3. The number of fused-ring (bicyclic) bond motifs is 1. The maximum absolute atomic E-state index is 13.5. The molecule has 1 amide bonds. The van der Waals surface area contributed by atoms with Gasteiger partial charge in [0.15, 0.2) is 11.5 Å². The number of nitrogens with zero attached hydrogens (tertiary/aromatic N) is 3. The van der Waals surface area contributed by atoms with E-state index < -0.39 is 5.82 Å². The summed E-state index contributed by atoms with van der Waals surface area (Å²) in [6, 6.07) is 8.13. The molecule has 10 heteroatoms. The molecule has 1 fully saturated rings. The predicted molar refractivity (Wildman–Crippen MR) is 128 cm³/mol. The van der Waals surface area contributed by atoms with Crippen LogP contribution in [0.5, 0.6) is 11.5 Å². The van der Waals surface area contributed by atoms with Gasteiger partial charge in [-0.25, -0.2) is 19.2 Å². The van der Waals surface area contributed by atoms with E-state index in [0.29, 0.717) is 28.5 Å². The van der Waals surface area contributed by atoms with E-state index in [0.717, 1.165) is 31.1 Å². The maximum Gasteiger partial charge on any atom is 0.409 e. The Labute approximate surface area is 202 Å². The molecule has 34 heavy (non-hydrogen) atoms. The highest BCUT2D eigenvalue weighted by Crippen LogP contribution is 2.37. The molecule has 1 heterocycles. The number of anilines is 2. The number of nitrogens with one attached hydrogen (secondary N) is 1. The van der Waals surface area contributed by atoms with Gasteiger partial charge in [-0.05, 0) is 49.9 Å². The van der Waals surface area contributed by atoms with E-state index in [1.54, 1.807) is 31.2 Å². The number of hydrogen-bond acceptors (Lipinski definition) is 7. The van der Waals surface area contributed by atoms with Gasteiger partial charge in [0, 0.05) is 30.2 Å². The molecule has 3 aromatic rings. The molecule has 1 aliphatic rings. The average molecular weight is 489 g/mol. The van der Waals surface area contributed by atoms with Crippen molar-refractivity contribution >= 4 is 40.1 Å². The van der Waals surface area contributed by atoms with Crippen LogP contribution < -0.4 is 14.8 Å². The molecule has 4 rings (SSSR count). The Bertz CT molecular complexity index is 1190. The van der Waals surface area contributed by atoms with E-state index in [2.05, 4.69) is 15.3 Å². The van der Waals surface area contributed by atoms with Gasteiger partial charge in [-0.3, -0.25) is 0 Å². The number of ether oxygens (including phenoxy) is 3. The van der Waals surface area contributed by atoms with Crippen LogP contribution in [0, 0.1) is 5.82 Å². The normalized spacial score (nSPS) is 17.8. The molecule has 0 aliphatic heterocycles. The minimum absolute atomic E-state index is 0.0162. The van der Waals surface area contributed by atoms with Gasteiger partial charge in [0.1, 0.15) is 18.0 Å². The summed E-state index contributed by atoms with van der Waals surface area (Å²) in [6.45, 7) is 0. The first kappa shape index (κ1) is 23.8. The van der Waals surface area contributed by atoms with Crippen LogP contribution in [-0.2, 0) is 4.74 Å². The summed E-state index contributed by atoms with van der Waals surface area (Å²) in [7, 11) is 4.72. The molecule has 2 aromatic carbocycles. The molecule has 0 radical (unpaired) electrons. The van der Waals surface area contributed by atoms with E-state index in [9.17, 15) is 9.18 Å². The summed E-state index contributed by atoms with van der Waals surface area (Å²) in [4.78, 5) is 22.1. The van der Waals surface area contributed by atoms with E-state index in [1.807, 2.05) is 6.07 Å². The zero-order valence-electron chi connectivity index (χ0n) is 19.2. The van der Waals surface area contributed by atoms with Crippen LogP contribution in [0.25, 0.3) is 10.9 Å². The minimum atomic E-state index is -0.493. The van der Waals surface area contributed by atoms with Crippen molar-refractivity contribution in [1.29, 1.82) is 0 Å². The molecule has 0 atom stereocenters. The van der Waals surface area contributed by atoms with Crippen molar-refractivity contribution in [2.45, 2.75) is 37.8 Å². The molecule has 0 bridgehead atoms. The lowest BCUT2D eigenvalue weighted by atomic mass is 9.92. The number of amides is 1. The Morgan fingerprint density at radius 3 is 2.56 bits per heavy atom. The van der Waals surface area contributed by atoms with Gasteiger partial charge in [0.05, 0.1) is 30.9 Å². The summed E-state index contributed by atoms with van der Waals surface area (Å²) >= 11 is 5.91. The number of aromatic nitrogens is 2. The Morgan fingerprint density at radius 1 is 1.12 bits per heavy atom. The van der Waals surface area contributed by atoms with Crippen molar-refractivity contribution in [2.24, 2.45) is 0 Å². The quantitative estimate of drug-likeness (QED) is 0.486. The Hall–Kier alpha value is -3.33. The number of methoxy groups -OCH3 is 2. The zero-order chi connectivity index (χ0) is 24.2. The van der Waals surface area contributed by atoms with Gasteiger partial charge in [-0.1, -0.05) is 11.6 Å². The fraction of sp³-hybridized carbons (Fsp3) is 0.375. The lowest BCUT2D eigenvalue weighted by Crippen LogP contribution is -2.41. The molecule has 1 aliphatic carbocycles. The van der Waals surface area contributed by atoms with Crippen molar-refractivity contribution in [3.05, 3.63) is 47.5 Å². The minimum Gasteiger partial charge on any atom is -0.493 e. The van der Waals surface area contributed by atoms with Gasteiger partial charge >= 0.3 is 6.09 Å². The van der Waals surface area contributed by atoms with Crippen LogP contribution in [-0.4, -0.2) is 54.4 Å². The third-order valence-corrected chi connectivity index (χ3v) is 6.34. The number of hydrogen-bond donors (Lipinski definition) is 1. The van der Waals surface area contributed by atoms with Crippen molar-refractivity contribution in [2.75, 3.05) is 26.6 Å². The number of rotatable bonds is 6. The number of carbonyl (C=O) groups excluding carboxylic acids is 1. The van der Waals surface area contributed by atoms with Crippen molar-refractivity contribution in [1.82, 2.24) is 14.9 Å². The zero-order valence-corrected chi connectivity index (χ0v) is 19.9. The molecule has 1 aromatic heterocycles. The third kappa shape index (κ3) is 5.09. The predicted octanol–water partition coefficient (Wildman–Crippen LogP) is 5.56. The van der Waals surface area contributed by atoms with Crippen LogP contribution in [0.15, 0.2) is 36.7 Å². The van der Waals surface area contributed by atoms with Gasteiger partial charge in [-0.2, -0.15) is 0 Å². The summed E-state index contributed by atoms with van der Waals surface area (Å²) in [5.74, 6) is 1.18.